The molecule has 2 aliphatic rings. The highest BCUT2D eigenvalue weighted by atomic mass is 19.1. The van der Waals surface area contributed by atoms with E-state index in [0.717, 1.165) is 6.07 Å². The van der Waals surface area contributed by atoms with Crippen LogP contribution < -0.4 is 25.4 Å². The van der Waals surface area contributed by atoms with Gasteiger partial charge >= 0.3 is 0 Å². The average molecular weight is 466 g/mol. The summed E-state index contributed by atoms with van der Waals surface area (Å²) in [5, 5.41) is 8.31. The lowest BCUT2D eigenvalue weighted by atomic mass is 10.0. The van der Waals surface area contributed by atoms with Gasteiger partial charge in [0.25, 0.3) is 0 Å². The molecule has 1 aliphatic heterocycles. The summed E-state index contributed by atoms with van der Waals surface area (Å²) < 4.78 is 39.1. The van der Waals surface area contributed by atoms with E-state index in [4.69, 9.17) is 9.47 Å². The molecular formula is C24H20F2N4O4. The predicted molar refractivity (Wildman–Crippen MR) is 120 cm³/mol. The summed E-state index contributed by atoms with van der Waals surface area (Å²) in [6.07, 6.45) is 2.24. The van der Waals surface area contributed by atoms with Crippen LogP contribution in [0.15, 0.2) is 54.7 Å². The Kier molecular flexibility index (Phi) is 5.48. The number of fused-ring (bicyclic) bond motifs is 1. The summed E-state index contributed by atoms with van der Waals surface area (Å²) in [5.74, 6) is -1.00. The van der Waals surface area contributed by atoms with Gasteiger partial charge in [0.2, 0.25) is 17.6 Å². The summed E-state index contributed by atoms with van der Waals surface area (Å²) in [6.45, 7) is 1.04. The van der Waals surface area contributed by atoms with Crippen LogP contribution in [0.2, 0.25) is 0 Å². The van der Waals surface area contributed by atoms with Crippen LogP contribution >= 0.6 is 0 Å². The topological polar surface area (TPSA) is 102 Å². The van der Waals surface area contributed by atoms with E-state index in [9.17, 15) is 18.4 Å². The zero-order chi connectivity index (χ0) is 23.7. The summed E-state index contributed by atoms with van der Waals surface area (Å²) in [6, 6.07) is 10.8. The van der Waals surface area contributed by atoms with Crippen molar-refractivity contribution in [2.75, 3.05) is 29.1 Å². The number of aromatic nitrogens is 1. The van der Waals surface area contributed by atoms with Crippen LogP contribution in [0.25, 0.3) is 0 Å². The highest BCUT2D eigenvalue weighted by Gasteiger charge is 2.56. The first kappa shape index (κ1) is 21.6. The van der Waals surface area contributed by atoms with Crippen LogP contribution in [0.4, 0.5) is 26.0 Å². The quantitative estimate of drug-likeness (QED) is 0.468. The van der Waals surface area contributed by atoms with Gasteiger partial charge in [0.05, 0.1) is 6.54 Å². The number of amides is 2. The molecule has 1 saturated carbocycles. The number of nitrogens with one attached hydrogen (secondary N) is 3. The third-order valence-corrected chi connectivity index (χ3v) is 5.64. The fourth-order valence-corrected chi connectivity index (χ4v) is 3.60. The smallest absolute Gasteiger partial charge is 0.240 e. The second kappa shape index (κ2) is 8.62. The molecule has 174 valence electrons. The normalized spacial score (nSPS) is 15.2. The molecule has 1 fully saturated rings. The summed E-state index contributed by atoms with van der Waals surface area (Å²) >= 11 is 0. The number of pyridine rings is 1. The summed E-state index contributed by atoms with van der Waals surface area (Å²) in [4.78, 5) is 29.6. The second-order valence-electron chi connectivity index (χ2n) is 8.01. The Morgan fingerprint density at radius 1 is 0.971 bits per heavy atom. The fraction of sp³-hybridized carbons (Fsp3) is 0.208. The molecule has 8 nitrogen and oxygen atoms in total. The third-order valence-electron chi connectivity index (χ3n) is 5.64. The maximum Gasteiger partial charge on any atom is 0.240 e. The van der Waals surface area contributed by atoms with E-state index in [-0.39, 0.29) is 11.4 Å². The highest BCUT2D eigenvalue weighted by molar-refractivity contribution is 6.16. The minimum absolute atomic E-state index is 0.0595. The van der Waals surface area contributed by atoms with Crippen LogP contribution in [-0.2, 0) is 9.59 Å². The van der Waals surface area contributed by atoms with E-state index in [1.807, 2.05) is 0 Å². The number of anilines is 3. The molecule has 2 heterocycles. The fourth-order valence-electron chi connectivity index (χ4n) is 3.60. The third kappa shape index (κ3) is 4.21. The lowest BCUT2D eigenvalue weighted by Crippen LogP contribution is -2.35. The molecule has 0 unspecified atom stereocenters. The molecule has 0 spiro atoms. The molecule has 0 bridgehead atoms. The molecule has 2 aromatic carbocycles. The Bertz CT molecular complexity index is 1260. The minimum atomic E-state index is -1.25. The molecule has 0 saturated heterocycles. The van der Waals surface area contributed by atoms with Crippen molar-refractivity contribution < 1.29 is 27.8 Å². The molecule has 1 aliphatic carbocycles. The lowest BCUT2D eigenvalue weighted by Gasteiger charge is -2.20. The van der Waals surface area contributed by atoms with Crippen molar-refractivity contribution in [3.05, 3.63) is 66.4 Å². The van der Waals surface area contributed by atoms with Crippen molar-refractivity contribution >= 4 is 29.0 Å². The molecule has 5 rings (SSSR count). The molecule has 3 aromatic rings. The lowest BCUT2D eigenvalue weighted by molar-refractivity contribution is -0.131. The van der Waals surface area contributed by atoms with E-state index in [1.165, 1.54) is 42.6 Å². The van der Waals surface area contributed by atoms with E-state index in [0.29, 0.717) is 49.0 Å². The van der Waals surface area contributed by atoms with Crippen molar-refractivity contribution in [1.29, 1.82) is 0 Å². The van der Waals surface area contributed by atoms with Gasteiger partial charge in [0.1, 0.15) is 17.8 Å². The number of hydrogen-bond donors (Lipinski definition) is 3. The molecule has 0 radical (unpaired) electrons. The zero-order valence-corrected chi connectivity index (χ0v) is 17.9. The van der Waals surface area contributed by atoms with Gasteiger partial charge in [-0.15, -0.1) is 0 Å². The van der Waals surface area contributed by atoms with Gasteiger partial charge in [-0.2, -0.15) is 0 Å². The van der Waals surface area contributed by atoms with Crippen molar-refractivity contribution in [1.82, 2.24) is 4.98 Å². The largest absolute Gasteiger partial charge is 0.485 e. The van der Waals surface area contributed by atoms with Gasteiger partial charge in [-0.3, -0.25) is 9.59 Å². The van der Waals surface area contributed by atoms with Crippen molar-refractivity contribution in [2.24, 2.45) is 5.41 Å². The Labute approximate surface area is 193 Å². The van der Waals surface area contributed by atoms with Crippen molar-refractivity contribution in [3.8, 4) is 17.2 Å². The number of carbonyl (C=O) groups is 2. The van der Waals surface area contributed by atoms with Gasteiger partial charge in [-0.1, -0.05) is 0 Å². The van der Waals surface area contributed by atoms with Crippen molar-refractivity contribution in [2.45, 2.75) is 12.8 Å². The molecule has 2 amide bonds. The number of nitrogens with zero attached hydrogens (tertiary/aromatic N) is 1. The Morgan fingerprint density at radius 2 is 1.68 bits per heavy atom. The molecule has 0 atom stereocenters. The van der Waals surface area contributed by atoms with Gasteiger partial charge in [0, 0.05) is 29.7 Å². The SMILES string of the molecule is O=C(Nc1ccc(F)cc1)C1(C(=O)Nc2ccc(Oc3ccnc4c3OCCN4)c(F)c2)CC1. The minimum Gasteiger partial charge on any atom is -0.485 e. The van der Waals surface area contributed by atoms with Crippen LogP contribution in [0, 0.1) is 17.0 Å². The monoisotopic (exact) mass is 466 g/mol. The van der Waals surface area contributed by atoms with Gasteiger partial charge in [-0.25, -0.2) is 13.8 Å². The maximum absolute atomic E-state index is 14.8. The standard InChI is InChI=1S/C24H20F2N4O4/c25-14-1-3-15(4-2-14)29-22(31)24(8-9-24)23(32)30-16-5-6-18(17(26)13-16)34-19-7-10-27-21-20(19)33-12-11-28-21/h1-7,10,13H,8-9,11-12H2,(H,27,28)(H,29,31)(H,30,32). The molecule has 1 aromatic heterocycles. The first-order valence-corrected chi connectivity index (χ1v) is 10.7. The summed E-state index contributed by atoms with van der Waals surface area (Å²) in [5.41, 5.74) is -0.679. The van der Waals surface area contributed by atoms with Gasteiger partial charge in [-0.05, 0) is 49.2 Å². The van der Waals surface area contributed by atoms with E-state index in [2.05, 4.69) is 20.9 Å². The molecular weight excluding hydrogens is 446 g/mol. The number of carbonyl (C=O) groups excluding carboxylic acids is 2. The maximum atomic E-state index is 14.8. The molecule has 10 heteroatoms. The Balaban J connectivity index is 1.26. The van der Waals surface area contributed by atoms with E-state index in [1.54, 1.807) is 6.07 Å². The number of hydrogen-bond acceptors (Lipinski definition) is 6. The van der Waals surface area contributed by atoms with Crippen LogP contribution in [0.5, 0.6) is 17.2 Å². The number of halogens is 2. The van der Waals surface area contributed by atoms with E-state index >= 15 is 0 Å². The van der Waals surface area contributed by atoms with Crippen molar-refractivity contribution in [3.63, 3.8) is 0 Å². The summed E-state index contributed by atoms with van der Waals surface area (Å²) in [7, 11) is 0. The predicted octanol–water partition coefficient (Wildman–Crippen LogP) is 4.31. The highest BCUT2D eigenvalue weighted by Crippen LogP contribution is 2.47. The van der Waals surface area contributed by atoms with Gasteiger partial charge < -0.3 is 25.4 Å². The van der Waals surface area contributed by atoms with Crippen LogP contribution in [-0.4, -0.2) is 29.9 Å². The van der Waals surface area contributed by atoms with Crippen LogP contribution in [0.1, 0.15) is 12.8 Å². The van der Waals surface area contributed by atoms with Crippen LogP contribution in [0.3, 0.4) is 0 Å². The molecule has 34 heavy (non-hydrogen) atoms. The Morgan fingerprint density at radius 3 is 2.38 bits per heavy atom. The first-order chi connectivity index (χ1) is 16.4. The Hall–Kier alpha value is -4.21. The number of benzene rings is 2. The first-order valence-electron chi connectivity index (χ1n) is 10.7. The average Bonchev–Trinajstić information content (AvgIpc) is 3.65. The van der Waals surface area contributed by atoms with E-state index < -0.39 is 28.9 Å². The zero-order valence-electron chi connectivity index (χ0n) is 17.9. The number of ether oxygens (including phenoxy) is 2. The number of rotatable bonds is 6. The second-order valence-corrected chi connectivity index (χ2v) is 8.01. The molecule has 3 N–H and O–H groups in total. The van der Waals surface area contributed by atoms with Gasteiger partial charge in [0.15, 0.2) is 23.1 Å².